The zero-order valence-electron chi connectivity index (χ0n) is 10.9. The molecule has 1 rings (SSSR count). The van der Waals surface area contributed by atoms with Gasteiger partial charge in [0.2, 0.25) is 0 Å². The molecule has 0 spiro atoms. The molecule has 2 unspecified atom stereocenters. The van der Waals surface area contributed by atoms with E-state index in [-0.39, 0.29) is 0 Å². The van der Waals surface area contributed by atoms with E-state index in [4.69, 9.17) is 4.74 Å². The Morgan fingerprint density at radius 2 is 2.00 bits per heavy atom. The fraction of sp³-hybridized carbons (Fsp3) is 0.571. The van der Waals surface area contributed by atoms with Gasteiger partial charge >= 0.3 is 0 Å². The topological polar surface area (TPSA) is 41.5 Å². The van der Waals surface area contributed by atoms with Crippen LogP contribution in [0.25, 0.3) is 0 Å². The molecule has 1 aromatic rings. The average Bonchev–Trinajstić information content (AvgIpc) is 2.34. The molecule has 3 heteroatoms. The van der Waals surface area contributed by atoms with Gasteiger partial charge in [-0.15, -0.1) is 0 Å². The van der Waals surface area contributed by atoms with Crippen LogP contribution in [0.15, 0.2) is 24.3 Å². The molecule has 2 atom stereocenters. The minimum absolute atomic E-state index is 0.310. The summed E-state index contributed by atoms with van der Waals surface area (Å²) in [5.41, 5.74) is 1.16. The molecule has 3 nitrogen and oxygen atoms in total. The highest BCUT2D eigenvalue weighted by Crippen LogP contribution is 2.27. The van der Waals surface area contributed by atoms with Gasteiger partial charge in [0.1, 0.15) is 12.4 Å². The number of hydrogen-bond donors (Lipinski definition) is 2. The Labute approximate surface area is 104 Å². The lowest BCUT2D eigenvalue weighted by Gasteiger charge is -2.20. The standard InChI is InChI=1S/C14H23NO2/c1-4-13(15-5-2)12-8-6-7-9-14(12)17-10-11(3)16/h6-9,11,13,15-16H,4-5,10H2,1-3H3. The molecular weight excluding hydrogens is 214 g/mol. The first kappa shape index (κ1) is 14.0. The van der Waals surface area contributed by atoms with E-state index in [1.54, 1.807) is 6.92 Å². The predicted octanol–water partition coefficient (Wildman–Crippen LogP) is 2.51. The third-order valence-corrected chi connectivity index (χ3v) is 2.63. The third kappa shape index (κ3) is 4.36. The molecule has 0 saturated carbocycles. The Morgan fingerprint density at radius 1 is 1.29 bits per heavy atom. The highest BCUT2D eigenvalue weighted by atomic mass is 16.5. The van der Waals surface area contributed by atoms with E-state index in [0.29, 0.717) is 12.6 Å². The fourth-order valence-electron chi connectivity index (χ4n) is 1.83. The van der Waals surface area contributed by atoms with E-state index >= 15 is 0 Å². The molecule has 17 heavy (non-hydrogen) atoms. The van der Waals surface area contributed by atoms with Gasteiger partial charge in [-0.05, 0) is 26.0 Å². The number of rotatable bonds is 7. The molecule has 0 aliphatic heterocycles. The molecule has 96 valence electrons. The van der Waals surface area contributed by atoms with Crippen molar-refractivity contribution in [3.8, 4) is 5.75 Å². The van der Waals surface area contributed by atoms with Gasteiger partial charge in [0.25, 0.3) is 0 Å². The van der Waals surface area contributed by atoms with Gasteiger partial charge in [-0.3, -0.25) is 0 Å². The number of ether oxygens (including phenoxy) is 1. The van der Waals surface area contributed by atoms with Crippen molar-refractivity contribution >= 4 is 0 Å². The molecule has 0 aliphatic carbocycles. The molecular formula is C14H23NO2. The molecule has 0 fully saturated rings. The number of para-hydroxylation sites is 1. The molecule has 0 radical (unpaired) electrons. The van der Waals surface area contributed by atoms with Crippen molar-refractivity contribution < 1.29 is 9.84 Å². The summed E-state index contributed by atoms with van der Waals surface area (Å²) >= 11 is 0. The Kier molecular flexibility index (Phi) is 6.01. The summed E-state index contributed by atoms with van der Waals surface area (Å²) in [7, 11) is 0. The van der Waals surface area contributed by atoms with Crippen LogP contribution in [0.1, 0.15) is 38.8 Å². The SMILES string of the molecule is CCNC(CC)c1ccccc1OCC(C)O. The van der Waals surface area contributed by atoms with Crippen molar-refractivity contribution in [2.24, 2.45) is 0 Å². The largest absolute Gasteiger partial charge is 0.491 e. The lowest BCUT2D eigenvalue weighted by atomic mass is 10.0. The number of benzene rings is 1. The lowest BCUT2D eigenvalue weighted by molar-refractivity contribution is 0.121. The van der Waals surface area contributed by atoms with Crippen LogP contribution in [-0.2, 0) is 0 Å². The van der Waals surface area contributed by atoms with Crippen molar-refractivity contribution in [1.29, 1.82) is 0 Å². The smallest absolute Gasteiger partial charge is 0.124 e. The summed E-state index contributed by atoms with van der Waals surface area (Å²) in [4.78, 5) is 0. The van der Waals surface area contributed by atoms with Gasteiger partial charge in [-0.25, -0.2) is 0 Å². The number of aliphatic hydroxyl groups is 1. The van der Waals surface area contributed by atoms with E-state index in [0.717, 1.165) is 24.3 Å². The molecule has 0 aromatic heterocycles. The van der Waals surface area contributed by atoms with Crippen molar-refractivity contribution in [3.63, 3.8) is 0 Å². The number of aliphatic hydroxyl groups excluding tert-OH is 1. The quantitative estimate of drug-likeness (QED) is 0.765. The second kappa shape index (κ2) is 7.30. The Morgan fingerprint density at radius 3 is 2.59 bits per heavy atom. The Hall–Kier alpha value is -1.06. The summed E-state index contributed by atoms with van der Waals surface area (Å²) in [6.45, 7) is 7.24. The summed E-state index contributed by atoms with van der Waals surface area (Å²) in [6, 6.07) is 8.32. The van der Waals surface area contributed by atoms with Crippen LogP contribution in [0.2, 0.25) is 0 Å². The van der Waals surface area contributed by atoms with Crippen LogP contribution in [-0.4, -0.2) is 24.4 Å². The maximum Gasteiger partial charge on any atom is 0.124 e. The lowest BCUT2D eigenvalue weighted by Crippen LogP contribution is -2.21. The molecule has 0 aliphatic rings. The minimum Gasteiger partial charge on any atom is -0.491 e. The van der Waals surface area contributed by atoms with Crippen LogP contribution in [0.5, 0.6) is 5.75 Å². The van der Waals surface area contributed by atoms with Crippen LogP contribution < -0.4 is 10.1 Å². The normalized spacial score (nSPS) is 14.4. The first-order valence-electron chi connectivity index (χ1n) is 6.32. The molecule has 2 N–H and O–H groups in total. The van der Waals surface area contributed by atoms with Gasteiger partial charge in [0, 0.05) is 11.6 Å². The first-order valence-corrected chi connectivity index (χ1v) is 6.32. The highest BCUT2D eigenvalue weighted by molar-refractivity contribution is 5.35. The molecule has 1 aromatic carbocycles. The molecule has 0 heterocycles. The van der Waals surface area contributed by atoms with Gasteiger partial charge < -0.3 is 15.2 Å². The second-order valence-corrected chi connectivity index (χ2v) is 4.22. The minimum atomic E-state index is -0.442. The average molecular weight is 237 g/mol. The Balaban J connectivity index is 2.81. The predicted molar refractivity (Wildman–Crippen MR) is 70.3 cm³/mol. The van der Waals surface area contributed by atoms with Crippen molar-refractivity contribution in [3.05, 3.63) is 29.8 Å². The maximum atomic E-state index is 9.26. The van der Waals surface area contributed by atoms with E-state index in [2.05, 4.69) is 25.2 Å². The zero-order valence-corrected chi connectivity index (χ0v) is 10.9. The van der Waals surface area contributed by atoms with E-state index in [1.807, 2.05) is 18.2 Å². The van der Waals surface area contributed by atoms with Crippen LogP contribution in [0, 0.1) is 0 Å². The zero-order chi connectivity index (χ0) is 12.7. The number of nitrogens with one attached hydrogen (secondary N) is 1. The van der Waals surface area contributed by atoms with Crippen molar-refractivity contribution in [2.75, 3.05) is 13.2 Å². The van der Waals surface area contributed by atoms with Crippen molar-refractivity contribution in [2.45, 2.75) is 39.3 Å². The van der Waals surface area contributed by atoms with Crippen molar-refractivity contribution in [1.82, 2.24) is 5.32 Å². The molecule has 0 saturated heterocycles. The summed E-state index contributed by atoms with van der Waals surface area (Å²) in [6.07, 6.45) is 0.574. The van der Waals surface area contributed by atoms with Gasteiger partial charge in [-0.1, -0.05) is 32.0 Å². The number of hydrogen-bond acceptors (Lipinski definition) is 3. The second-order valence-electron chi connectivity index (χ2n) is 4.22. The van der Waals surface area contributed by atoms with Crippen LogP contribution in [0.3, 0.4) is 0 Å². The Bertz CT molecular complexity index is 326. The first-order chi connectivity index (χ1) is 8.19. The maximum absolute atomic E-state index is 9.26. The molecule has 0 amide bonds. The van der Waals surface area contributed by atoms with E-state index < -0.39 is 6.10 Å². The van der Waals surface area contributed by atoms with Gasteiger partial charge in [0.05, 0.1) is 6.10 Å². The highest BCUT2D eigenvalue weighted by Gasteiger charge is 2.13. The summed E-state index contributed by atoms with van der Waals surface area (Å²) in [5, 5.41) is 12.7. The summed E-state index contributed by atoms with van der Waals surface area (Å²) < 4.78 is 5.64. The summed E-state index contributed by atoms with van der Waals surface area (Å²) in [5.74, 6) is 0.862. The molecule has 0 bridgehead atoms. The fourth-order valence-corrected chi connectivity index (χ4v) is 1.83. The van der Waals surface area contributed by atoms with Gasteiger partial charge in [-0.2, -0.15) is 0 Å². The van der Waals surface area contributed by atoms with Gasteiger partial charge in [0.15, 0.2) is 0 Å². The third-order valence-electron chi connectivity index (χ3n) is 2.63. The monoisotopic (exact) mass is 237 g/mol. The van der Waals surface area contributed by atoms with Crippen LogP contribution in [0.4, 0.5) is 0 Å². The van der Waals surface area contributed by atoms with Crippen LogP contribution >= 0.6 is 0 Å². The van der Waals surface area contributed by atoms with E-state index in [9.17, 15) is 5.11 Å². The van der Waals surface area contributed by atoms with E-state index in [1.165, 1.54) is 0 Å².